The third kappa shape index (κ3) is 1.95. The summed E-state index contributed by atoms with van der Waals surface area (Å²) in [6.07, 6.45) is 1.93. The van der Waals surface area contributed by atoms with Crippen LogP contribution >= 0.6 is 0 Å². The van der Waals surface area contributed by atoms with Crippen molar-refractivity contribution in [2.75, 3.05) is 31.1 Å². The van der Waals surface area contributed by atoms with Crippen molar-refractivity contribution in [1.82, 2.24) is 10.3 Å². The van der Waals surface area contributed by atoms with Crippen LogP contribution in [0.4, 0.5) is 5.69 Å². The van der Waals surface area contributed by atoms with Crippen molar-refractivity contribution in [2.45, 2.75) is 13.8 Å². The van der Waals surface area contributed by atoms with E-state index in [9.17, 15) is 0 Å². The third-order valence-electron chi connectivity index (χ3n) is 3.62. The van der Waals surface area contributed by atoms with Crippen LogP contribution in [0.15, 0.2) is 24.4 Å². The predicted molar refractivity (Wildman–Crippen MR) is 76.3 cm³/mol. The molecule has 3 heteroatoms. The highest BCUT2D eigenvalue weighted by atomic mass is 15.2. The van der Waals surface area contributed by atoms with Crippen molar-refractivity contribution in [2.24, 2.45) is 0 Å². The summed E-state index contributed by atoms with van der Waals surface area (Å²) in [4.78, 5) is 6.98. The Morgan fingerprint density at radius 2 is 1.94 bits per heavy atom. The molecule has 0 spiro atoms. The highest BCUT2D eigenvalue weighted by molar-refractivity contribution is 5.94. The molecule has 18 heavy (non-hydrogen) atoms. The molecule has 3 nitrogen and oxygen atoms in total. The molecule has 2 heterocycles. The van der Waals surface area contributed by atoms with Crippen LogP contribution in [0.5, 0.6) is 0 Å². The molecule has 1 saturated heterocycles. The maximum atomic E-state index is 4.52. The van der Waals surface area contributed by atoms with Gasteiger partial charge in [0.25, 0.3) is 0 Å². The van der Waals surface area contributed by atoms with Crippen LogP contribution in [-0.4, -0.2) is 31.2 Å². The van der Waals surface area contributed by atoms with Crippen LogP contribution < -0.4 is 10.2 Å². The standard InChI is InChI=1S/C15H19N3/c1-11-9-12(2)15-13(10-11)17-4-3-14(15)18-7-5-16-6-8-18/h3-4,9-10,16H,5-8H2,1-2H3. The number of hydrogen-bond donors (Lipinski definition) is 1. The van der Waals surface area contributed by atoms with E-state index in [-0.39, 0.29) is 0 Å². The Kier molecular flexibility index (Phi) is 2.92. The van der Waals surface area contributed by atoms with Gasteiger partial charge in [0.05, 0.1) is 5.52 Å². The number of piperazine rings is 1. The second-order valence-electron chi connectivity index (χ2n) is 5.04. The predicted octanol–water partition coefficient (Wildman–Crippen LogP) is 2.26. The van der Waals surface area contributed by atoms with Crippen molar-refractivity contribution in [3.05, 3.63) is 35.5 Å². The lowest BCUT2D eigenvalue weighted by Crippen LogP contribution is -2.43. The van der Waals surface area contributed by atoms with E-state index in [1.54, 1.807) is 0 Å². The van der Waals surface area contributed by atoms with Gasteiger partial charge in [-0.05, 0) is 37.1 Å². The Morgan fingerprint density at radius 1 is 1.17 bits per heavy atom. The highest BCUT2D eigenvalue weighted by Crippen LogP contribution is 2.29. The van der Waals surface area contributed by atoms with E-state index in [0.29, 0.717) is 0 Å². The molecule has 3 rings (SSSR count). The van der Waals surface area contributed by atoms with E-state index in [1.807, 2.05) is 6.20 Å². The minimum atomic E-state index is 1.06. The molecule has 0 bridgehead atoms. The fraction of sp³-hybridized carbons (Fsp3) is 0.400. The van der Waals surface area contributed by atoms with Crippen LogP contribution in [0.2, 0.25) is 0 Å². The fourth-order valence-corrected chi connectivity index (χ4v) is 2.82. The first-order chi connectivity index (χ1) is 8.75. The summed E-state index contributed by atoms with van der Waals surface area (Å²) in [6.45, 7) is 8.59. The Labute approximate surface area is 108 Å². The zero-order chi connectivity index (χ0) is 12.5. The molecule has 94 valence electrons. The summed E-state index contributed by atoms with van der Waals surface area (Å²) in [5, 5.41) is 4.71. The molecule has 0 atom stereocenters. The number of fused-ring (bicyclic) bond motifs is 1. The van der Waals surface area contributed by atoms with Gasteiger partial charge >= 0.3 is 0 Å². The van der Waals surface area contributed by atoms with E-state index in [4.69, 9.17) is 0 Å². The van der Waals surface area contributed by atoms with Crippen LogP contribution in [-0.2, 0) is 0 Å². The molecular formula is C15H19N3. The quantitative estimate of drug-likeness (QED) is 0.830. The average Bonchev–Trinajstić information content (AvgIpc) is 2.38. The van der Waals surface area contributed by atoms with Crippen molar-refractivity contribution >= 4 is 16.6 Å². The van der Waals surface area contributed by atoms with E-state index in [2.05, 4.69) is 47.2 Å². The molecule has 0 unspecified atom stereocenters. The van der Waals surface area contributed by atoms with E-state index >= 15 is 0 Å². The van der Waals surface area contributed by atoms with Crippen molar-refractivity contribution in [1.29, 1.82) is 0 Å². The summed E-state index contributed by atoms with van der Waals surface area (Å²) in [7, 11) is 0. The molecule has 1 aromatic heterocycles. The number of hydrogen-bond acceptors (Lipinski definition) is 3. The maximum absolute atomic E-state index is 4.52. The normalized spacial score (nSPS) is 16.2. The van der Waals surface area contributed by atoms with Crippen LogP contribution in [0.3, 0.4) is 0 Å². The Morgan fingerprint density at radius 3 is 2.72 bits per heavy atom. The van der Waals surface area contributed by atoms with E-state index in [0.717, 1.165) is 31.7 Å². The van der Waals surface area contributed by atoms with Gasteiger partial charge in [0.15, 0.2) is 0 Å². The number of nitrogens with one attached hydrogen (secondary N) is 1. The van der Waals surface area contributed by atoms with Crippen molar-refractivity contribution in [3.8, 4) is 0 Å². The van der Waals surface area contributed by atoms with Crippen LogP contribution in [0.25, 0.3) is 10.9 Å². The van der Waals surface area contributed by atoms with E-state index < -0.39 is 0 Å². The number of rotatable bonds is 1. The fourth-order valence-electron chi connectivity index (χ4n) is 2.82. The highest BCUT2D eigenvalue weighted by Gasteiger charge is 2.14. The minimum absolute atomic E-state index is 1.06. The molecule has 1 aromatic carbocycles. The van der Waals surface area contributed by atoms with Gasteiger partial charge in [-0.15, -0.1) is 0 Å². The smallest absolute Gasteiger partial charge is 0.0728 e. The van der Waals surface area contributed by atoms with Gasteiger partial charge in [0, 0.05) is 43.4 Å². The molecule has 1 N–H and O–H groups in total. The van der Waals surface area contributed by atoms with Crippen LogP contribution in [0, 0.1) is 13.8 Å². The Hall–Kier alpha value is -1.61. The second-order valence-corrected chi connectivity index (χ2v) is 5.04. The van der Waals surface area contributed by atoms with Crippen molar-refractivity contribution in [3.63, 3.8) is 0 Å². The monoisotopic (exact) mass is 241 g/mol. The number of aromatic nitrogens is 1. The van der Waals surface area contributed by atoms with Crippen molar-refractivity contribution < 1.29 is 0 Å². The van der Waals surface area contributed by atoms with Gasteiger partial charge in [0.2, 0.25) is 0 Å². The van der Waals surface area contributed by atoms with Gasteiger partial charge in [-0.3, -0.25) is 4.98 Å². The molecule has 1 aliphatic rings. The number of nitrogens with zero attached hydrogens (tertiary/aromatic N) is 2. The molecule has 1 fully saturated rings. The first-order valence-electron chi connectivity index (χ1n) is 6.57. The van der Waals surface area contributed by atoms with E-state index in [1.165, 1.54) is 22.2 Å². The molecule has 0 radical (unpaired) electrons. The molecule has 0 amide bonds. The number of benzene rings is 1. The summed E-state index contributed by atoms with van der Waals surface area (Å²) < 4.78 is 0. The topological polar surface area (TPSA) is 28.2 Å². The lowest BCUT2D eigenvalue weighted by atomic mass is 10.0. The minimum Gasteiger partial charge on any atom is -0.368 e. The number of pyridine rings is 1. The third-order valence-corrected chi connectivity index (χ3v) is 3.62. The SMILES string of the molecule is Cc1cc(C)c2c(N3CCNCC3)ccnc2c1. The van der Waals surface area contributed by atoms with Gasteiger partial charge in [-0.25, -0.2) is 0 Å². The summed E-state index contributed by atoms with van der Waals surface area (Å²) in [5.74, 6) is 0. The number of aryl methyl sites for hydroxylation is 2. The zero-order valence-corrected chi connectivity index (χ0v) is 11.0. The maximum Gasteiger partial charge on any atom is 0.0728 e. The zero-order valence-electron chi connectivity index (χ0n) is 11.0. The second kappa shape index (κ2) is 4.58. The first-order valence-corrected chi connectivity index (χ1v) is 6.57. The average molecular weight is 241 g/mol. The lowest BCUT2D eigenvalue weighted by Gasteiger charge is -2.30. The Bertz CT molecular complexity index is 571. The van der Waals surface area contributed by atoms with Gasteiger partial charge in [-0.1, -0.05) is 6.07 Å². The van der Waals surface area contributed by atoms with Gasteiger partial charge < -0.3 is 10.2 Å². The summed E-state index contributed by atoms with van der Waals surface area (Å²) in [5.41, 5.74) is 5.05. The molecule has 0 aliphatic carbocycles. The largest absolute Gasteiger partial charge is 0.368 e. The Balaban J connectivity index is 2.16. The van der Waals surface area contributed by atoms with Crippen LogP contribution in [0.1, 0.15) is 11.1 Å². The van der Waals surface area contributed by atoms with Gasteiger partial charge in [0.1, 0.15) is 0 Å². The number of anilines is 1. The molecule has 2 aromatic rings. The summed E-state index contributed by atoms with van der Waals surface area (Å²) >= 11 is 0. The lowest BCUT2D eigenvalue weighted by molar-refractivity contribution is 0.590. The van der Waals surface area contributed by atoms with Gasteiger partial charge in [-0.2, -0.15) is 0 Å². The molecule has 1 aliphatic heterocycles. The first kappa shape index (κ1) is 11.5. The summed E-state index contributed by atoms with van der Waals surface area (Å²) in [6, 6.07) is 6.57. The molecular weight excluding hydrogens is 222 g/mol. The molecule has 0 saturated carbocycles.